The van der Waals surface area contributed by atoms with Crippen molar-refractivity contribution >= 4 is 0 Å². The van der Waals surface area contributed by atoms with Crippen molar-refractivity contribution in [1.82, 2.24) is 0 Å². The SMILES string of the molecule is CCCCCCCCC1(N)CCCCC1(C)C. The number of hydrogen-bond donors (Lipinski definition) is 1. The van der Waals surface area contributed by atoms with E-state index in [0.29, 0.717) is 5.41 Å². The van der Waals surface area contributed by atoms with E-state index in [9.17, 15) is 0 Å². The van der Waals surface area contributed by atoms with Crippen molar-refractivity contribution in [2.75, 3.05) is 0 Å². The summed E-state index contributed by atoms with van der Waals surface area (Å²) >= 11 is 0. The lowest BCUT2D eigenvalue weighted by atomic mass is 9.62. The Morgan fingerprint density at radius 1 is 0.882 bits per heavy atom. The van der Waals surface area contributed by atoms with Gasteiger partial charge in [0.25, 0.3) is 0 Å². The smallest absolute Gasteiger partial charge is 0.0206 e. The summed E-state index contributed by atoms with van der Waals surface area (Å²) in [5.74, 6) is 0. The zero-order chi connectivity index (χ0) is 12.8. The fourth-order valence-corrected chi connectivity index (χ4v) is 3.28. The summed E-state index contributed by atoms with van der Waals surface area (Å²) in [6.45, 7) is 7.03. The number of nitrogens with two attached hydrogens (primary N) is 1. The first-order chi connectivity index (χ1) is 8.02. The third-order valence-corrected chi connectivity index (χ3v) is 5.00. The van der Waals surface area contributed by atoms with Crippen molar-refractivity contribution in [3.63, 3.8) is 0 Å². The Hall–Kier alpha value is -0.0400. The molecule has 0 saturated heterocycles. The molecule has 1 rings (SSSR count). The van der Waals surface area contributed by atoms with E-state index in [1.165, 1.54) is 70.6 Å². The summed E-state index contributed by atoms with van der Waals surface area (Å²) < 4.78 is 0. The predicted molar refractivity (Wildman–Crippen MR) is 77.2 cm³/mol. The van der Waals surface area contributed by atoms with Crippen LogP contribution in [0.3, 0.4) is 0 Å². The lowest BCUT2D eigenvalue weighted by Gasteiger charge is -2.48. The first kappa shape index (κ1) is 15.0. The van der Waals surface area contributed by atoms with Crippen LogP contribution in [-0.2, 0) is 0 Å². The number of rotatable bonds is 7. The fourth-order valence-electron chi connectivity index (χ4n) is 3.28. The highest BCUT2D eigenvalue weighted by Gasteiger charge is 2.42. The Bertz CT molecular complexity index is 210. The summed E-state index contributed by atoms with van der Waals surface area (Å²) in [7, 11) is 0. The van der Waals surface area contributed by atoms with Gasteiger partial charge in [-0.05, 0) is 24.7 Å². The zero-order valence-corrected chi connectivity index (χ0v) is 12.4. The molecule has 1 aliphatic rings. The molecule has 0 radical (unpaired) electrons. The van der Waals surface area contributed by atoms with Gasteiger partial charge in [-0.25, -0.2) is 0 Å². The lowest BCUT2D eigenvalue weighted by Crippen LogP contribution is -2.54. The molecule has 0 spiro atoms. The molecular formula is C16H33N. The van der Waals surface area contributed by atoms with Gasteiger partial charge in [-0.1, -0.05) is 72.1 Å². The highest BCUT2D eigenvalue weighted by molar-refractivity contribution is 4.99. The second-order valence-corrected chi connectivity index (χ2v) is 6.76. The van der Waals surface area contributed by atoms with E-state index < -0.39 is 0 Å². The number of unbranched alkanes of at least 4 members (excludes halogenated alkanes) is 5. The topological polar surface area (TPSA) is 26.0 Å². The molecule has 0 aliphatic heterocycles. The van der Waals surface area contributed by atoms with Gasteiger partial charge in [0.2, 0.25) is 0 Å². The molecule has 0 aromatic rings. The van der Waals surface area contributed by atoms with Crippen molar-refractivity contribution in [1.29, 1.82) is 0 Å². The van der Waals surface area contributed by atoms with Gasteiger partial charge in [-0.2, -0.15) is 0 Å². The van der Waals surface area contributed by atoms with Crippen molar-refractivity contribution in [2.24, 2.45) is 11.1 Å². The van der Waals surface area contributed by atoms with Gasteiger partial charge in [-0.15, -0.1) is 0 Å². The monoisotopic (exact) mass is 239 g/mol. The second-order valence-electron chi connectivity index (χ2n) is 6.76. The van der Waals surface area contributed by atoms with Gasteiger partial charge in [0.1, 0.15) is 0 Å². The van der Waals surface area contributed by atoms with Gasteiger partial charge < -0.3 is 5.73 Å². The van der Waals surface area contributed by atoms with Crippen LogP contribution in [-0.4, -0.2) is 5.54 Å². The summed E-state index contributed by atoms with van der Waals surface area (Å²) in [4.78, 5) is 0. The van der Waals surface area contributed by atoms with Crippen LogP contribution in [0.4, 0.5) is 0 Å². The summed E-state index contributed by atoms with van der Waals surface area (Å²) in [5.41, 5.74) is 7.15. The van der Waals surface area contributed by atoms with Gasteiger partial charge in [0.05, 0.1) is 0 Å². The van der Waals surface area contributed by atoms with Crippen molar-refractivity contribution < 1.29 is 0 Å². The Kier molecular flexibility index (Phi) is 5.99. The molecule has 1 nitrogen and oxygen atoms in total. The molecule has 1 heteroatoms. The molecule has 102 valence electrons. The molecule has 1 saturated carbocycles. The molecule has 1 aliphatic carbocycles. The largest absolute Gasteiger partial charge is 0.325 e. The predicted octanol–water partition coefficient (Wildman–Crippen LogP) is 5.03. The number of hydrogen-bond acceptors (Lipinski definition) is 1. The minimum Gasteiger partial charge on any atom is -0.325 e. The molecule has 0 aromatic heterocycles. The Balaban J connectivity index is 2.24. The molecular weight excluding hydrogens is 206 g/mol. The van der Waals surface area contributed by atoms with E-state index in [-0.39, 0.29) is 5.54 Å². The molecule has 0 bridgehead atoms. The summed E-state index contributed by atoms with van der Waals surface area (Å²) in [6.07, 6.45) is 14.8. The van der Waals surface area contributed by atoms with Crippen LogP contribution in [0.2, 0.25) is 0 Å². The van der Waals surface area contributed by atoms with E-state index in [1.807, 2.05) is 0 Å². The highest BCUT2D eigenvalue weighted by Crippen LogP contribution is 2.44. The summed E-state index contributed by atoms with van der Waals surface area (Å²) in [5, 5.41) is 0. The fraction of sp³-hybridized carbons (Fsp3) is 1.00. The first-order valence-corrected chi connectivity index (χ1v) is 7.81. The average molecular weight is 239 g/mol. The van der Waals surface area contributed by atoms with Gasteiger partial charge in [0.15, 0.2) is 0 Å². The Morgan fingerprint density at radius 3 is 2.12 bits per heavy atom. The third kappa shape index (κ3) is 4.28. The molecule has 0 aromatic carbocycles. The molecule has 2 N–H and O–H groups in total. The minimum atomic E-state index is 0.121. The van der Waals surface area contributed by atoms with E-state index in [0.717, 1.165) is 0 Å². The molecule has 1 atom stereocenters. The zero-order valence-electron chi connectivity index (χ0n) is 12.4. The van der Waals surface area contributed by atoms with Crippen molar-refractivity contribution in [3.8, 4) is 0 Å². The molecule has 17 heavy (non-hydrogen) atoms. The standard InChI is InChI=1S/C16H33N/c1-4-5-6-7-8-9-13-16(17)14-11-10-12-15(16,2)3/h4-14,17H2,1-3H3. The van der Waals surface area contributed by atoms with Gasteiger partial charge in [0, 0.05) is 5.54 Å². The van der Waals surface area contributed by atoms with E-state index in [1.54, 1.807) is 0 Å². The molecule has 1 fully saturated rings. The maximum absolute atomic E-state index is 6.68. The van der Waals surface area contributed by atoms with Crippen molar-refractivity contribution in [3.05, 3.63) is 0 Å². The lowest BCUT2D eigenvalue weighted by molar-refractivity contribution is 0.0879. The summed E-state index contributed by atoms with van der Waals surface area (Å²) in [6, 6.07) is 0. The van der Waals surface area contributed by atoms with Gasteiger partial charge in [-0.3, -0.25) is 0 Å². The van der Waals surface area contributed by atoms with Gasteiger partial charge >= 0.3 is 0 Å². The minimum absolute atomic E-state index is 0.121. The average Bonchev–Trinajstić information content (AvgIpc) is 2.28. The van der Waals surface area contributed by atoms with Crippen LogP contribution in [0, 0.1) is 5.41 Å². The van der Waals surface area contributed by atoms with Crippen LogP contribution in [0.25, 0.3) is 0 Å². The van der Waals surface area contributed by atoms with Crippen LogP contribution in [0.5, 0.6) is 0 Å². The third-order valence-electron chi connectivity index (χ3n) is 5.00. The van der Waals surface area contributed by atoms with E-state index in [4.69, 9.17) is 5.73 Å². The first-order valence-electron chi connectivity index (χ1n) is 7.81. The second kappa shape index (κ2) is 6.78. The molecule has 0 amide bonds. The molecule has 0 heterocycles. The van der Waals surface area contributed by atoms with Crippen LogP contribution < -0.4 is 5.73 Å². The Morgan fingerprint density at radius 2 is 1.47 bits per heavy atom. The van der Waals surface area contributed by atoms with Crippen LogP contribution in [0.1, 0.15) is 91.4 Å². The van der Waals surface area contributed by atoms with E-state index >= 15 is 0 Å². The van der Waals surface area contributed by atoms with E-state index in [2.05, 4.69) is 20.8 Å². The maximum atomic E-state index is 6.68. The molecule has 1 unspecified atom stereocenters. The van der Waals surface area contributed by atoms with Crippen LogP contribution in [0.15, 0.2) is 0 Å². The normalized spacial score (nSPS) is 28.2. The van der Waals surface area contributed by atoms with Crippen molar-refractivity contribution in [2.45, 2.75) is 96.9 Å². The quantitative estimate of drug-likeness (QED) is 0.619. The highest BCUT2D eigenvalue weighted by atomic mass is 14.8. The van der Waals surface area contributed by atoms with Crippen LogP contribution >= 0.6 is 0 Å². The maximum Gasteiger partial charge on any atom is 0.0206 e. The Labute approximate surface area is 109 Å².